The highest BCUT2D eigenvalue weighted by atomic mass is 16.5. The summed E-state index contributed by atoms with van der Waals surface area (Å²) in [6.45, 7) is 3.00. The lowest BCUT2D eigenvalue weighted by Crippen LogP contribution is -2.23. The van der Waals surface area contributed by atoms with Gasteiger partial charge >= 0.3 is 0 Å². The van der Waals surface area contributed by atoms with E-state index < -0.39 is 0 Å². The molecule has 0 radical (unpaired) electrons. The van der Waals surface area contributed by atoms with Crippen LogP contribution in [0, 0.1) is 0 Å². The van der Waals surface area contributed by atoms with Crippen LogP contribution >= 0.6 is 0 Å². The molecule has 6 heteroatoms. The van der Waals surface area contributed by atoms with Crippen molar-refractivity contribution in [2.75, 3.05) is 6.61 Å². The van der Waals surface area contributed by atoms with Crippen LogP contribution in [0.4, 0.5) is 0 Å². The third kappa shape index (κ3) is 1.88. The molecule has 0 saturated carbocycles. The number of nitrogens with one attached hydrogen (secondary N) is 2. The number of ether oxygens (including phenoxy) is 1. The molecule has 2 heterocycles. The van der Waals surface area contributed by atoms with E-state index in [9.17, 15) is 9.59 Å². The number of H-pyrrole nitrogens is 1. The van der Waals surface area contributed by atoms with Crippen LogP contribution in [0.3, 0.4) is 0 Å². The van der Waals surface area contributed by atoms with Gasteiger partial charge < -0.3 is 10.1 Å². The SMILES string of the molecule is CC(=O)NCc1c2n([nH]c1=O)CCCO2. The number of hydrogen-bond acceptors (Lipinski definition) is 3. The van der Waals surface area contributed by atoms with Crippen LogP contribution in [0.2, 0.25) is 0 Å². The minimum atomic E-state index is -0.194. The summed E-state index contributed by atoms with van der Waals surface area (Å²) in [5.41, 5.74) is 0.297. The fourth-order valence-electron chi connectivity index (χ4n) is 1.58. The quantitative estimate of drug-likeness (QED) is 0.698. The monoisotopic (exact) mass is 211 g/mol. The van der Waals surface area contributed by atoms with Gasteiger partial charge in [0.2, 0.25) is 11.8 Å². The molecule has 0 spiro atoms. The molecule has 0 aliphatic carbocycles. The Labute approximate surface area is 86.2 Å². The molecule has 6 nitrogen and oxygen atoms in total. The number of carbonyl (C=O) groups is 1. The first-order valence-corrected chi connectivity index (χ1v) is 4.87. The van der Waals surface area contributed by atoms with Crippen LogP contribution in [0.25, 0.3) is 0 Å². The highest BCUT2D eigenvalue weighted by molar-refractivity contribution is 5.72. The van der Waals surface area contributed by atoms with Crippen molar-refractivity contribution < 1.29 is 9.53 Å². The number of hydrogen-bond donors (Lipinski definition) is 2. The molecule has 1 aromatic heterocycles. The Balaban J connectivity index is 2.26. The minimum absolute atomic E-state index is 0.162. The second-order valence-electron chi connectivity index (χ2n) is 3.49. The van der Waals surface area contributed by atoms with Crippen molar-refractivity contribution in [3.63, 3.8) is 0 Å². The first-order chi connectivity index (χ1) is 7.18. The predicted molar refractivity (Wildman–Crippen MR) is 52.7 cm³/mol. The molecule has 0 aromatic carbocycles. The Hall–Kier alpha value is -1.72. The number of aromatic nitrogens is 2. The Morgan fingerprint density at radius 2 is 2.47 bits per heavy atom. The Kier molecular flexibility index (Phi) is 2.49. The van der Waals surface area contributed by atoms with Crippen molar-refractivity contribution in [1.29, 1.82) is 0 Å². The molecule has 0 atom stereocenters. The van der Waals surface area contributed by atoms with Crippen LogP contribution in [-0.2, 0) is 17.9 Å². The van der Waals surface area contributed by atoms with Gasteiger partial charge in [-0.25, -0.2) is 0 Å². The van der Waals surface area contributed by atoms with Gasteiger partial charge in [0.05, 0.1) is 18.7 Å². The number of rotatable bonds is 2. The molecule has 2 rings (SSSR count). The van der Waals surface area contributed by atoms with Gasteiger partial charge in [-0.3, -0.25) is 19.4 Å². The first-order valence-electron chi connectivity index (χ1n) is 4.87. The van der Waals surface area contributed by atoms with E-state index in [1.54, 1.807) is 4.68 Å². The molecule has 0 bridgehead atoms. The summed E-state index contributed by atoms with van der Waals surface area (Å²) in [5.74, 6) is 0.394. The van der Waals surface area contributed by atoms with E-state index in [-0.39, 0.29) is 18.0 Å². The summed E-state index contributed by atoms with van der Waals surface area (Å²) >= 11 is 0. The Morgan fingerprint density at radius 1 is 1.67 bits per heavy atom. The molecular weight excluding hydrogens is 198 g/mol. The maximum absolute atomic E-state index is 11.5. The van der Waals surface area contributed by atoms with Gasteiger partial charge in [0.15, 0.2) is 0 Å². The normalized spacial score (nSPS) is 14.2. The number of aryl methyl sites for hydroxylation is 1. The van der Waals surface area contributed by atoms with Crippen LogP contribution in [0.15, 0.2) is 4.79 Å². The van der Waals surface area contributed by atoms with Gasteiger partial charge in [-0.2, -0.15) is 0 Å². The van der Waals surface area contributed by atoms with Crippen molar-refractivity contribution in [1.82, 2.24) is 15.1 Å². The molecule has 1 amide bonds. The highest BCUT2D eigenvalue weighted by Gasteiger charge is 2.19. The fraction of sp³-hybridized carbons (Fsp3) is 0.556. The zero-order chi connectivity index (χ0) is 10.8. The van der Waals surface area contributed by atoms with Crippen molar-refractivity contribution in [2.24, 2.45) is 0 Å². The largest absolute Gasteiger partial charge is 0.477 e. The van der Waals surface area contributed by atoms with Gasteiger partial charge in [0.1, 0.15) is 0 Å². The predicted octanol–water partition coefficient (Wildman–Crippen LogP) is -0.405. The van der Waals surface area contributed by atoms with Crippen LogP contribution < -0.4 is 15.6 Å². The van der Waals surface area contributed by atoms with E-state index in [4.69, 9.17) is 4.74 Å². The maximum Gasteiger partial charge on any atom is 0.273 e. The zero-order valence-corrected chi connectivity index (χ0v) is 8.50. The smallest absolute Gasteiger partial charge is 0.273 e. The van der Waals surface area contributed by atoms with E-state index in [1.807, 2.05) is 0 Å². The molecule has 1 aliphatic rings. The summed E-state index contributed by atoms with van der Waals surface area (Å²) in [7, 11) is 0. The lowest BCUT2D eigenvalue weighted by Gasteiger charge is -2.16. The summed E-state index contributed by atoms with van der Waals surface area (Å²) in [4.78, 5) is 22.3. The van der Waals surface area contributed by atoms with Crippen molar-refractivity contribution in [3.8, 4) is 5.88 Å². The molecule has 0 fully saturated rings. The van der Waals surface area contributed by atoms with E-state index in [0.29, 0.717) is 18.1 Å². The van der Waals surface area contributed by atoms with E-state index in [0.717, 1.165) is 13.0 Å². The zero-order valence-electron chi connectivity index (χ0n) is 8.50. The number of aromatic amines is 1. The third-order valence-corrected chi connectivity index (χ3v) is 2.29. The molecule has 2 N–H and O–H groups in total. The number of carbonyl (C=O) groups excluding carboxylic acids is 1. The molecule has 15 heavy (non-hydrogen) atoms. The highest BCUT2D eigenvalue weighted by Crippen LogP contribution is 2.18. The minimum Gasteiger partial charge on any atom is -0.477 e. The van der Waals surface area contributed by atoms with E-state index in [1.165, 1.54) is 6.92 Å². The second-order valence-corrected chi connectivity index (χ2v) is 3.49. The lowest BCUT2D eigenvalue weighted by atomic mass is 10.3. The van der Waals surface area contributed by atoms with Crippen LogP contribution in [0.1, 0.15) is 18.9 Å². The van der Waals surface area contributed by atoms with Crippen molar-refractivity contribution in [2.45, 2.75) is 26.4 Å². The van der Waals surface area contributed by atoms with Crippen molar-refractivity contribution >= 4 is 5.91 Å². The first kappa shape index (κ1) is 9.82. The van der Waals surface area contributed by atoms with Crippen LogP contribution in [-0.4, -0.2) is 22.3 Å². The Bertz CT molecular complexity index is 432. The maximum atomic E-state index is 11.5. The van der Waals surface area contributed by atoms with Gasteiger partial charge in [-0.05, 0) is 0 Å². The summed E-state index contributed by atoms with van der Waals surface area (Å²) in [6.07, 6.45) is 0.886. The Morgan fingerprint density at radius 3 is 3.20 bits per heavy atom. The number of nitrogens with zero attached hydrogens (tertiary/aromatic N) is 1. The number of fused-ring (bicyclic) bond motifs is 1. The standard InChI is InChI=1S/C9H13N3O3/c1-6(13)10-5-7-8(14)11-12-3-2-4-15-9(7)12/h2-5H2,1H3,(H,10,13)(H,11,14). The lowest BCUT2D eigenvalue weighted by molar-refractivity contribution is -0.119. The van der Waals surface area contributed by atoms with Gasteiger partial charge in [0, 0.05) is 19.9 Å². The average Bonchev–Trinajstić information content (AvgIpc) is 2.50. The van der Waals surface area contributed by atoms with E-state index in [2.05, 4.69) is 10.4 Å². The van der Waals surface area contributed by atoms with Gasteiger partial charge in [-0.15, -0.1) is 0 Å². The third-order valence-electron chi connectivity index (χ3n) is 2.29. The van der Waals surface area contributed by atoms with Gasteiger partial charge in [0.25, 0.3) is 5.56 Å². The molecule has 0 saturated heterocycles. The second kappa shape index (κ2) is 3.80. The molecular formula is C9H13N3O3. The summed E-state index contributed by atoms with van der Waals surface area (Å²) in [5, 5.41) is 5.26. The topological polar surface area (TPSA) is 76.1 Å². The molecule has 1 aromatic rings. The molecule has 0 unspecified atom stereocenters. The fourth-order valence-corrected chi connectivity index (χ4v) is 1.58. The summed E-state index contributed by atoms with van der Waals surface area (Å²) in [6, 6.07) is 0. The van der Waals surface area contributed by atoms with Crippen LogP contribution in [0.5, 0.6) is 5.88 Å². The molecule has 1 aliphatic heterocycles. The summed E-state index contributed by atoms with van der Waals surface area (Å²) < 4.78 is 7.07. The van der Waals surface area contributed by atoms with Gasteiger partial charge in [-0.1, -0.05) is 0 Å². The van der Waals surface area contributed by atoms with Crippen molar-refractivity contribution in [3.05, 3.63) is 15.9 Å². The number of amides is 1. The average molecular weight is 211 g/mol. The molecule has 82 valence electrons. The van der Waals surface area contributed by atoms with E-state index >= 15 is 0 Å².